The van der Waals surface area contributed by atoms with Gasteiger partial charge in [-0.05, 0) is 273 Å². The molecule has 0 N–H and O–H groups in total. The van der Waals surface area contributed by atoms with Gasteiger partial charge in [0.2, 0.25) is 11.4 Å². The molecule has 129 heavy (non-hydrogen) atoms. The standard InChI is InChI=1S/C62H49N3.C50H42N2.C11H9N/c1-3-41(34-40(2)65-59-24-10-6-17-49(59)50-18-7-11-25-60(50)65)42-26-28-43(29-27-42)44-30-31-48-47-16-4-8-20-53(47)61(55(48)36-44)38-45-35-52-56(37-46(45)39-61)62(64-33-15-13-23-58(52)64)54-21-9-5-19-51(54)57-22-12-14-32-63(57)62;1-3-40(52-48-17-8-5-13-43(48)44-14-6-9-18-49(44)52)28-33(2)34-19-21-35(22-20-34)36-25-26-42-41-12-4-7-15-45(41)50(46(42)30-36)31-38-24-23-37(29-39(38)32-50)47-16-10-11-27-51-47;1-2-6-10(7-3-1)11-8-4-5-9-12-11/h4-33,35-37,40-41H,3,34,38-39H2,1-2H3;4-27,29-30,33,40H,3,28,31-32H2,1-2H3;1-9H/q+2;;. The minimum atomic E-state index is -0.491. The molecule has 2 aliphatic heterocycles. The summed E-state index contributed by atoms with van der Waals surface area (Å²) in [6.07, 6.45) is 16.7. The summed E-state index contributed by atoms with van der Waals surface area (Å²) in [6, 6.07) is 145. The normalized spacial score (nSPS) is 17.3. The van der Waals surface area contributed by atoms with Crippen molar-refractivity contribution in [3.63, 3.8) is 0 Å². The Morgan fingerprint density at radius 3 is 1.26 bits per heavy atom. The second-order valence-corrected chi connectivity index (χ2v) is 37.0. The molecule has 14 aromatic carbocycles. The minimum absolute atomic E-state index is 0.0521. The van der Waals surface area contributed by atoms with Gasteiger partial charge in [-0.1, -0.05) is 282 Å². The van der Waals surface area contributed by atoms with Crippen LogP contribution in [-0.2, 0) is 42.2 Å². The van der Waals surface area contributed by atoms with Crippen molar-refractivity contribution in [1.29, 1.82) is 0 Å². The van der Waals surface area contributed by atoms with Crippen LogP contribution in [0.25, 0.3) is 133 Å². The summed E-state index contributed by atoms with van der Waals surface area (Å²) in [5, 5.41) is 5.39. The molecule has 6 nitrogen and oxygen atoms in total. The second-order valence-electron chi connectivity index (χ2n) is 37.0. The fourth-order valence-corrected chi connectivity index (χ4v) is 24.2. The first-order chi connectivity index (χ1) is 63.6. The lowest BCUT2D eigenvalue weighted by molar-refractivity contribution is -0.955. The average molecular weight is 1660 g/mol. The largest absolute Gasteiger partial charge is 0.417 e. The molecular weight excluding hydrogens is 1560 g/mol. The van der Waals surface area contributed by atoms with Crippen LogP contribution >= 0.6 is 0 Å². The van der Waals surface area contributed by atoms with E-state index in [1.165, 1.54) is 183 Å². The number of aromatic nitrogens is 6. The van der Waals surface area contributed by atoms with Gasteiger partial charge in [0.25, 0.3) is 0 Å². The lowest BCUT2D eigenvalue weighted by Gasteiger charge is -2.27. The molecule has 0 saturated carbocycles. The Hall–Kier alpha value is -14.7. The number of para-hydroxylation sites is 4. The molecule has 7 unspecified atom stereocenters. The number of hydrogen-bond donors (Lipinski definition) is 0. The van der Waals surface area contributed by atoms with Gasteiger partial charge in [-0.3, -0.25) is 9.97 Å². The van der Waals surface area contributed by atoms with E-state index >= 15 is 0 Å². The van der Waals surface area contributed by atoms with Crippen molar-refractivity contribution in [3.8, 4) is 89.5 Å². The molecule has 20 aromatic rings. The van der Waals surface area contributed by atoms with Crippen LogP contribution < -0.4 is 9.13 Å². The highest BCUT2D eigenvalue weighted by Crippen LogP contribution is 2.60. The molecule has 0 amide bonds. The van der Waals surface area contributed by atoms with Gasteiger partial charge in [-0.15, -0.1) is 9.13 Å². The number of benzene rings is 14. The molecule has 7 atom stereocenters. The van der Waals surface area contributed by atoms with E-state index in [1.54, 1.807) is 0 Å². The molecule has 0 radical (unpaired) electrons. The average Bonchev–Trinajstić information content (AvgIpc) is 1.50. The Morgan fingerprint density at radius 1 is 0.295 bits per heavy atom. The molecule has 6 aliphatic rings. The molecule has 6 aromatic heterocycles. The zero-order valence-electron chi connectivity index (χ0n) is 73.4. The summed E-state index contributed by atoms with van der Waals surface area (Å²) in [4.78, 5) is 8.90. The molecule has 4 aliphatic carbocycles. The van der Waals surface area contributed by atoms with Crippen LogP contribution in [0.4, 0.5) is 0 Å². The van der Waals surface area contributed by atoms with Gasteiger partial charge >= 0.3 is 5.66 Å². The van der Waals surface area contributed by atoms with E-state index in [9.17, 15) is 0 Å². The van der Waals surface area contributed by atoms with Gasteiger partial charge in [0.1, 0.15) is 11.1 Å². The van der Waals surface area contributed by atoms with Gasteiger partial charge in [0.05, 0.1) is 22.5 Å². The summed E-state index contributed by atoms with van der Waals surface area (Å²) in [6.45, 7) is 9.50. The summed E-state index contributed by atoms with van der Waals surface area (Å²) in [5.41, 5.74) is 42.3. The van der Waals surface area contributed by atoms with E-state index in [4.69, 9.17) is 0 Å². The van der Waals surface area contributed by atoms with Gasteiger partial charge in [0.15, 0.2) is 12.4 Å². The van der Waals surface area contributed by atoms with Crippen LogP contribution in [0.2, 0.25) is 0 Å². The van der Waals surface area contributed by atoms with E-state index in [1.807, 2.05) is 54.9 Å². The van der Waals surface area contributed by atoms with Crippen LogP contribution in [0.3, 0.4) is 0 Å². The minimum Gasteiger partial charge on any atom is -0.338 e. The predicted molar refractivity (Wildman–Crippen MR) is 530 cm³/mol. The molecule has 0 saturated heterocycles. The number of fused-ring (bicyclic) bond motifs is 28. The number of pyridine rings is 4. The molecule has 0 bridgehead atoms. The summed E-state index contributed by atoms with van der Waals surface area (Å²) in [7, 11) is 0. The maximum absolute atomic E-state index is 4.65. The van der Waals surface area contributed by atoms with Crippen molar-refractivity contribution >= 4 is 43.6 Å². The van der Waals surface area contributed by atoms with Gasteiger partial charge in [-0.25, -0.2) is 0 Å². The van der Waals surface area contributed by atoms with E-state index in [2.05, 4.69) is 414 Å². The highest BCUT2D eigenvalue weighted by molar-refractivity contribution is 6.09. The van der Waals surface area contributed by atoms with E-state index in [0.29, 0.717) is 23.9 Å². The third-order valence-electron chi connectivity index (χ3n) is 30.2. The Balaban J connectivity index is 0.000000129. The molecule has 8 heterocycles. The lowest BCUT2D eigenvalue weighted by atomic mass is 9.75. The van der Waals surface area contributed by atoms with Crippen molar-refractivity contribution < 1.29 is 9.13 Å². The van der Waals surface area contributed by atoms with E-state index in [0.717, 1.165) is 68.3 Å². The zero-order valence-corrected chi connectivity index (χ0v) is 73.4. The monoisotopic (exact) mass is 1660 g/mol. The SMILES string of the molecule is CCC(CC(C)c1ccc(-c2ccc3c(c2)C2(Cc4ccc(-c5ccccn5)cc4C2)c2ccccc2-3)cc1)n1c2ccccc2c2ccccc21.CCC(CC(C)n1c2ccccc2c2ccccc21)c1ccc(-c2ccc3c(c2)C2(Cc4cc5c(cc4C2)C2(c4ccccc4-c4cccc[n+]42)[n+]2ccccc2-5)c2ccccc2-3)cc1.c1ccc(-c2ccccn2)cc1. The molecule has 3 spiro atoms. The summed E-state index contributed by atoms with van der Waals surface area (Å²) >= 11 is 0. The quantitative estimate of drug-likeness (QED) is 0.102. The zero-order chi connectivity index (χ0) is 86.1. The Morgan fingerprint density at radius 2 is 0.721 bits per heavy atom. The van der Waals surface area contributed by atoms with Crippen molar-refractivity contribution in [2.75, 3.05) is 0 Å². The Bertz CT molecular complexity index is 7580. The van der Waals surface area contributed by atoms with Gasteiger partial charge in [-0.2, -0.15) is 0 Å². The summed E-state index contributed by atoms with van der Waals surface area (Å²) < 4.78 is 10.2. The van der Waals surface area contributed by atoms with Gasteiger partial charge < -0.3 is 9.13 Å². The second kappa shape index (κ2) is 31.4. The predicted octanol–water partition coefficient (Wildman–Crippen LogP) is 29.0. The number of hydrogen-bond acceptors (Lipinski definition) is 2. The number of nitrogens with zero attached hydrogens (tertiary/aromatic N) is 6. The van der Waals surface area contributed by atoms with Gasteiger partial charge in [0, 0.05) is 114 Å². The van der Waals surface area contributed by atoms with Crippen LogP contribution in [0, 0.1) is 0 Å². The van der Waals surface area contributed by atoms with Crippen molar-refractivity contribution in [2.45, 2.75) is 119 Å². The first kappa shape index (κ1) is 77.8. The van der Waals surface area contributed by atoms with Crippen LogP contribution in [0.1, 0.15) is 144 Å². The Labute approximate surface area is 755 Å². The lowest BCUT2D eigenvalue weighted by Crippen LogP contribution is -2.71. The first-order valence-corrected chi connectivity index (χ1v) is 46.6. The third-order valence-corrected chi connectivity index (χ3v) is 30.2. The van der Waals surface area contributed by atoms with Crippen molar-refractivity contribution in [3.05, 3.63) is 480 Å². The highest BCUT2D eigenvalue weighted by Gasteiger charge is 2.67. The highest BCUT2D eigenvalue weighted by atomic mass is 15.3. The van der Waals surface area contributed by atoms with E-state index in [-0.39, 0.29) is 10.8 Å². The Kier molecular flexibility index (Phi) is 18.9. The number of rotatable bonds is 14. The van der Waals surface area contributed by atoms with Crippen molar-refractivity contribution in [2.24, 2.45) is 0 Å². The first-order valence-electron chi connectivity index (χ1n) is 46.6. The summed E-state index contributed by atoms with van der Waals surface area (Å²) in [5.74, 6) is 0.897. The maximum Gasteiger partial charge on any atom is 0.417 e. The molecule has 6 heteroatoms. The van der Waals surface area contributed by atoms with Crippen LogP contribution in [-0.4, -0.2) is 19.1 Å². The van der Waals surface area contributed by atoms with Crippen LogP contribution in [0.15, 0.2) is 413 Å². The molecule has 620 valence electrons. The molecule has 0 fully saturated rings. The maximum atomic E-state index is 4.65. The third kappa shape index (κ3) is 12.5. The van der Waals surface area contributed by atoms with Crippen LogP contribution in [0.5, 0.6) is 0 Å². The fraction of sp³-hybridized carbons (Fsp3) is 0.154. The fourth-order valence-electron chi connectivity index (χ4n) is 24.2. The molecular formula is C123H100N6+2. The topological polar surface area (TPSA) is 43.4 Å². The molecule has 26 rings (SSSR count). The smallest absolute Gasteiger partial charge is 0.338 e. The van der Waals surface area contributed by atoms with Crippen molar-refractivity contribution in [1.82, 2.24) is 19.1 Å². The van der Waals surface area contributed by atoms with E-state index < -0.39 is 5.66 Å².